The van der Waals surface area contributed by atoms with E-state index in [-0.39, 0.29) is 12.5 Å². The fraction of sp³-hybridized carbons (Fsp3) is 0.500. The number of alkyl carbamates (subject to hydrolysis) is 1. The largest absolute Gasteiger partial charge is 0.444 e. The highest BCUT2D eigenvalue weighted by atomic mass is 16.6. The quantitative estimate of drug-likeness (QED) is 0.876. The van der Waals surface area contributed by atoms with Crippen molar-refractivity contribution >= 4 is 12.0 Å². The number of nitrogens with zero attached hydrogens (tertiary/aromatic N) is 1. The van der Waals surface area contributed by atoms with Crippen LogP contribution >= 0.6 is 0 Å². The molecule has 0 radical (unpaired) electrons. The number of hydrogen-bond acceptors (Lipinski definition) is 4. The minimum absolute atomic E-state index is 0.124. The van der Waals surface area contributed by atoms with Crippen molar-refractivity contribution in [3.05, 3.63) is 29.6 Å². The standard InChI is InChI=1S/C14H21N3O3/c1-10-6-5-7-11(17-10)8-15-12(18)9-16-13(19)20-14(2,3)4/h5-7H,8-9H2,1-4H3,(H,15,18)(H,16,19). The van der Waals surface area contributed by atoms with E-state index < -0.39 is 11.7 Å². The molecule has 0 aliphatic heterocycles. The van der Waals surface area contributed by atoms with Crippen LogP contribution in [-0.4, -0.2) is 29.1 Å². The number of amides is 2. The highest BCUT2D eigenvalue weighted by Crippen LogP contribution is 2.06. The molecule has 0 aliphatic carbocycles. The number of aryl methyl sites for hydroxylation is 1. The van der Waals surface area contributed by atoms with Crippen LogP contribution in [0.3, 0.4) is 0 Å². The van der Waals surface area contributed by atoms with Crippen molar-refractivity contribution in [1.29, 1.82) is 0 Å². The van der Waals surface area contributed by atoms with Crippen molar-refractivity contribution in [3.8, 4) is 0 Å². The number of rotatable bonds is 4. The third-order valence-electron chi connectivity index (χ3n) is 2.20. The lowest BCUT2D eigenvalue weighted by atomic mass is 10.2. The number of ether oxygens (including phenoxy) is 1. The summed E-state index contributed by atoms with van der Waals surface area (Å²) in [4.78, 5) is 27.2. The molecule has 0 aromatic carbocycles. The minimum Gasteiger partial charge on any atom is -0.444 e. The van der Waals surface area contributed by atoms with Gasteiger partial charge in [-0.2, -0.15) is 0 Å². The van der Waals surface area contributed by atoms with Crippen LogP contribution in [-0.2, 0) is 16.1 Å². The van der Waals surface area contributed by atoms with Gasteiger partial charge in [-0.15, -0.1) is 0 Å². The average molecular weight is 279 g/mol. The van der Waals surface area contributed by atoms with Crippen LogP contribution in [0.15, 0.2) is 18.2 Å². The first-order valence-electron chi connectivity index (χ1n) is 6.42. The molecule has 0 saturated carbocycles. The van der Waals surface area contributed by atoms with Gasteiger partial charge in [-0.25, -0.2) is 4.79 Å². The maximum absolute atomic E-state index is 11.6. The molecule has 0 atom stereocenters. The second-order valence-corrected chi connectivity index (χ2v) is 5.40. The van der Waals surface area contributed by atoms with Crippen molar-refractivity contribution in [2.24, 2.45) is 0 Å². The van der Waals surface area contributed by atoms with Gasteiger partial charge in [-0.3, -0.25) is 9.78 Å². The van der Waals surface area contributed by atoms with Gasteiger partial charge in [-0.1, -0.05) is 6.07 Å². The summed E-state index contributed by atoms with van der Waals surface area (Å²) in [5.74, 6) is -0.292. The van der Waals surface area contributed by atoms with Crippen LogP contribution in [0, 0.1) is 6.92 Å². The molecule has 6 heteroatoms. The van der Waals surface area contributed by atoms with E-state index in [1.54, 1.807) is 20.8 Å². The van der Waals surface area contributed by atoms with E-state index in [0.29, 0.717) is 6.54 Å². The van der Waals surface area contributed by atoms with Gasteiger partial charge < -0.3 is 15.4 Å². The van der Waals surface area contributed by atoms with E-state index >= 15 is 0 Å². The third kappa shape index (κ3) is 6.72. The Hall–Kier alpha value is -2.11. The maximum Gasteiger partial charge on any atom is 0.408 e. The van der Waals surface area contributed by atoms with Crippen molar-refractivity contribution in [1.82, 2.24) is 15.6 Å². The summed E-state index contributed by atoms with van der Waals surface area (Å²) in [6.07, 6.45) is -0.610. The summed E-state index contributed by atoms with van der Waals surface area (Å²) in [5.41, 5.74) is 1.09. The van der Waals surface area contributed by atoms with E-state index in [1.165, 1.54) is 0 Å². The van der Waals surface area contributed by atoms with Crippen LogP contribution in [0.25, 0.3) is 0 Å². The number of carbonyl (C=O) groups is 2. The number of aromatic nitrogens is 1. The Balaban J connectivity index is 2.29. The van der Waals surface area contributed by atoms with Gasteiger partial charge >= 0.3 is 6.09 Å². The van der Waals surface area contributed by atoms with Crippen LogP contribution in [0.5, 0.6) is 0 Å². The molecule has 1 heterocycles. The summed E-state index contributed by atoms with van der Waals surface area (Å²) in [6, 6.07) is 5.59. The smallest absolute Gasteiger partial charge is 0.408 e. The molecule has 1 rings (SSSR count). The Morgan fingerprint density at radius 1 is 1.25 bits per heavy atom. The molecule has 1 aromatic heterocycles. The molecule has 2 amide bonds. The number of pyridine rings is 1. The molecule has 0 aliphatic rings. The van der Waals surface area contributed by atoms with Gasteiger partial charge in [0.15, 0.2) is 0 Å². The monoisotopic (exact) mass is 279 g/mol. The summed E-state index contributed by atoms with van der Waals surface area (Å²) in [6.45, 7) is 7.37. The molecule has 20 heavy (non-hydrogen) atoms. The highest BCUT2D eigenvalue weighted by molar-refractivity contribution is 5.82. The van der Waals surface area contributed by atoms with Crippen molar-refractivity contribution < 1.29 is 14.3 Å². The van der Waals surface area contributed by atoms with Crippen LogP contribution in [0.1, 0.15) is 32.2 Å². The van der Waals surface area contributed by atoms with Crippen LogP contribution in [0.2, 0.25) is 0 Å². The van der Waals surface area contributed by atoms with Crippen molar-refractivity contribution in [2.45, 2.75) is 39.8 Å². The lowest BCUT2D eigenvalue weighted by Crippen LogP contribution is -2.39. The molecule has 6 nitrogen and oxygen atoms in total. The molecule has 0 saturated heterocycles. The predicted molar refractivity (Wildman–Crippen MR) is 75.1 cm³/mol. The molecule has 0 bridgehead atoms. The Morgan fingerprint density at radius 2 is 1.95 bits per heavy atom. The maximum atomic E-state index is 11.6. The molecule has 0 fully saturated rings. The summed E-state index contributed by atoms with van der Waals surface area (Å²) in [5, 5.41) is 5.07. The summed E-state index contributed by atoms with van der Waals surface area (Å²) >= 11 is 0. The molecular weight excluding hydrogens is 258 g/mol. The SMILES string of the molecule is Cc1cccc(CNC(=O)CNC(=O)OC(C)(C)C)n1. The van der Waals surface area contributed by atoms with Gasteiger partial charge in [0.1, 0.15) is 12.1 Å². The first-order chi connectivity index (χ1) is 9.26. The normalized spacial score (nSPS) is 10.8. The van der Waals surface area contributed by atoms with Gasteiger partial charge in [-0.05, 0) is 39.8 Å². The Labute approximate surface area is 118 Å². The zero-order chi connectivity index (χ0) is 15.2. The van der Waals surface area contributed by atoms with E-state index in [1.807, 2.05) is 25.1 Å². The molecule has 0 spiro atoms. The molecule has 1 aromatic rings. The molecule has 110 valence electrons. The second-order valence-electron chi connectivity index (χ2n) is 5.40. The third-order valence-corrected chi connectivity index (χ3v) is 2.20. The molecular formula is C14H21N3O3. The topological polar surface area (TPSA) is 80.3 Å². The Bertz CT molecular complexity index is 481. The van der Waals surface area contributed by atoms with Gasteiger partial charge in [0, 0.05) is 5.69 Å². The predicted octanol–water partition coefficient (Wildman–Crippen LogP) is 1.53. The zero-order valence-corrected chi connectivity index (χ0v) is 12.3. The minimum atomic E-state index is -0.610. The van der Waals surface area contributed by atoms with Gasteiger partial charge in [0.05, 0.1) is 12.2 Å². The first-order valence-corrected chi connectivity index (χ1v) is 6.42. The lowest BCUT2D eigenvalue weighted by Gasteiger charge is -2.19. The molecule has 0 unspecified atom stereocenters. The number of hydrogen-bond donors (Lipinski definition) is 2. The highest BCUT2D eigenvalue weighted by Gasteiger charge is 2.16. The second kappa shape index (κ2) is 6.88. The van der Waals surface area contributed by atoms with E-state index in [0.717, 1.165) is 11.4 Å². The van der Waals surface area contributed by atoms with Crippen LogP contribution < -0.4 is 10.6 Å². The van der Waals surface area contributed by atoms with E-state index in [9.17, 15) is 9.59 Å². The molecule has 2 N–H and O–H groups in total. The van der Waals surface area contributed by atoms with E-state index in [4.69, 9.17) is 4.74 Å². The van der Waals surface area contributed by atoms with Crippen molar-refractivity contribution in [3.63, 3.8) is 0 Å². The Morgan fingerprint density at radius 3 is 2.55 bits per heavy atom. The number of carbonyl (C=O) groups excluding carboxylic acids is 2. The summed E-state index contributed by atoms with van der Waals surface area (Å²) in [7, 11) is 0. The zero-order valence-electron chi connectivity index (χ0n) is 12.3. The number of nitrogens with one attached hydrogen (secondary N) is 2. The van der Waals surface area contributed by atoms with Crippen LogP contribution in [0.4, 0.5) is 4.79 Å². The fourth-order valence-electron chi connectivity index (χ4n) is 1.42. The Kier molecular flexibility index (Phi) is 5.49. The van der Waals surface area contributed by atoms with Crippen molar-refractivity contribution in [2.75, 3.05) is 6.54 Å². The van der Waals surface area contributed by atoms with Gasteiger partial charge in [0.2, 0.25) is 5.91 Å². The average Bonchev–Trinajstić information content (AvgIpc) is 2.32. The van der Waals surface area contributed by atoms with Gasteiger partial charge in [0.25, 0.3) is 0 Å². The summed E-state index contributed by atoms with van der Waals surface area (Å²) < 4.78 is 5.02. The van der Waals surface area contributed by atoms with E-state index in [2.05, 4.69) is 15.6 Å². The first kappa shape index (κ1) is 15.9. The lowest BCUT2D eigenvalue weighted by molar-refractivity contribution is -0.120. The fourth-order valence-corrected chi connectivity index (χ4v) is 1.42.